The van der Waals surface area contributed by atoms with Crippen molar-refractivity contribution >= 4 is 6.09 Å². The number of ether oxygens (including phenoxy) is 1. The molecule has 1 amide bonds. The zero-order valence-corrected chi connectivity index (χ0v) is 12.9. The minimum Gasteiger partial charge on any atom is -0.444 e. The summed E-state index contributed by atoms with van der Waals surface area (Å²) in [5, 5.41) is 2.88. The van der Waals surface area contributed by atoms with Crippen LogP contribution in [-0.2, 0) is 4.74 Å². The second-order valence-electron chi connectivity index (χ2n) is 5.60. The largest absolute Gasteiger partial charge is 0.444 e. The van der Waals surface area contributed by atoms with E-state index in [1.165, 1.54) is 0 Å². The van der Waals surface area contributed by atoms with Crippen molar-refractivity contribution < 1.29 is 9.53 Å². The van der Waals surface area contributed by atoms with Gasteiger partial charge in [-0.3, -0.25) is 0 Å². The molecule has 21 heavy (non-hydrogen) atoms. The van der Waals surface area contributed by atoms with Gasteiger partial charge in [0.15, 0.2) is 0 Å². The van der Waals surface area contributed by atoms with E-state index in [0.29, 0.717) is 0 Å². The van der Waals surface area contributed by atoms with Crippen LogP contribution < -0.4 is 5.32 Å². The van der Waals surface area contributed by atoms with E-state index < -0.39 is 11.7 Å². The Hall–Kier alpha value is -2.29. The average molecular weight is 285 g/mol. The lowest BCUT2D eigenvalue weighted by atomic mass is 9.98. The van der Waals surface area contributed by atoms with Gasteiger partial charge in [-0.15, -0.1) is 0 Å². The van der Waals surface area contributed by atoms with Crippen molar-refractivity contribution in [3.63, 3.8) is 0 Å². The molecule has 1 N–H and O–H groups in total. The molecule has 0 aliphatic heterocycles. The lowest BCUT2D eigenvalue weighted by Gasteiger charge is -2.24. The topological polar surface area (TPSA) is 38.3 Å². The molecular formula is C18H23NO2. The zero-order chi connectivity index (χ0) is 15.9. The van der Waals surface area contributed by atoms with E-state index in [9.17, 15) is 4.79 Å². The Labute approximate surface area is 127 Å². The molecule has 0 aliphatic rings. The number of carbonyl (C=O) groups is 1. The van der Waals surface area contributed by atoms with Crippen LogP contribution in [0.25, 0.3) is 0 Å². The fourth-order valence-corrected chi connectivity index (χ4v) is 1.85. The Morgan fingerprint density at radius 2 is 1.86 bits per heavy atom. The van der Waals surface area contributed by atoms with E-state index in [-0.39, 0.29) is 6.04 Å². The standard InChI is InChI=1S/C18H23NO2/c1-6-11-14(7-2)16(15-12-9-8-10-13-15)19-17(20)21-18(3,4)5/h6-13,16H,1-2H2,3-5H3,(H,19,20). The summed E-state index contributed by atoms with van der Waals surface area (Å²) in [5.41, 5.74) is 1.26. The van der Waals surface area contributed by atoms with Gasteiger partial charge in [0.2, 0.25) is 0 Å². The Morgan fingerprint density at radius 3 is 2.33 bits per heavy atom. The van der Waals surface area contributed by atoms with Gasteiger partial charge in [-0.2, -0.15) is 0 Å². The smallest absolute Gasteiger partial charge is 0.408 e. The van der Waals surface area contributed by atoms with Crippen LogP contribution in [0.1, 0.15) is 32.4 Å². The molecule has 0 saturated carbocycles. The van der Waals surface area contributed by atoms with E-state index in [0.717, 1.165) is 11.1 Å². The number of alkyl carbamates (subject to hydrolysis) is 1. The Kier molecular flexibility index (Phi) is 5.97. The van der Waals surface area contributed by atoms with Crippen LogP contribution in [0.15, 0.2) is 67.3 Å². The maximum Gasteiger partial charge on any atom is 0.408 e. The van der Waals surface area contributed by atoms with Gasteiger partial charge in [0.1, 0.15) is 5.60 Å². The van der Waals surface area contributed by atoms with Gasteiger partial charge in [0, 0.05) is 0 Å². The first kappa shape index (κ1) is 16.8. The fraction of sp³-hybridized carbons (Fsp3) is 0.278. The van der Waals surface area contributed by atoms with Crippen molar-refractivity contribution in [3.05, 3.63) is 72.9 Å². The molecule has 3 heteroatoms. The van der Waals surface area contributed by atoms with Gasteiger partial charge in [0.25, 0.3) is 0 Å². The third kappa shape index (κ3) is 5.69. The molecule has 0 spiro atoms. The molecule has 0 fully saturated rings. The highest BCUT2D eigenvalue weighted by atomic mass is 16.6. The van der Waals surface area contributed by atoms with Gasteiger partial charge < -0.3 is 10.1 Å². The molecule has 112 valence electrons. The molecule has 1 unspecified atom stereocenters. The molecule has 1 rings (SSSR count). The first-order valence-corrected chi connectivity index (χ1v) is 6.87. The third-order valence-electron chi connectivity index (χ3n) is 2.67. The highest BCUT2D eigenvalue weighted by Crippen LogP contribution is 2.23. The second-order valence-corrected chi connectivity index (χ2v) is 5.60. The number of amides is 1. The first-order valence-electron chi connectivity index (χ1n) is 6.87. The van der Waals surface area contributed by atoms with Crippen molar-refractivity contribution in [3.8, 4) is 0 Å². The van der Waals surface area contributed by atoms with Crippen LogP contribution in [0, 0.1) is 0 Å². The normalized spacial score (nSPS) is 13.2. The molecule has 0 aromatic heterocycles. The van der Waals surface area contributed by atoms with E-state index in [1.54, 1.807) is 12.2 Å². The predicted molar refractivity (Wildman–Crippen MR) is 87.0 cm³/mol. The number of allylic oxidation sites excluding steroid dienone is 2. The number of hydrogen-bond donors (Lipinski definition) is 1. The summed E-state index contributed by atoms with van der Waals surface area (Å²) in [4.78, 5) is 12.0. The van der Waals surface area contributed by atoms with Crippen molar-refractivity contribution in [2.24, 2.45) is 0 Å². The van der Waals surface area contributed by atoms with Gasteiger partial charge in [0.05, 0.1) is 6.04 Å². The van der Waals surface area contributed by atoms with Crippen molar-refractivity contribution in [2.45, 2.75) is 32.4 Å². The Balaban J connectivity index is 3.03. The van der Waals surface area contributed by atoms with E-state index >= 15 is 0 Å². The molecule has 0 bridgehead atoms. The SMILES string of the molecule is C=CC=C(C=C)C(NC(=O)OC(C)(C)C)c1ccccc1. The molecular weight excluding hydrogens is 262 g/mol. The summed E-state index contributed by atoms with van der Waals surface area (Å²) < 4.78 is 5.33. The number of rotatable bonds is 5. The van der Waals surface area contributed by atoms with Crippen LogP contribution in [0.4, 0.5) is 4.79 Å². The molecule has 0 aliphatic carbocycles. The monoisotopic (exact) mass is 285 g/mol. The van der Waals surface area contributed by atoms with Crippen LogP contribution in [-0.4, -0.2) is 11.7 Å². The molecule has 0 saturated heterocycles. The first-order chi connectivity index (χ1) is 9.87. The average Bonchev–Trinajstić information content (AvgIpc) is 2.41. The van der Waals surface area contributed by atoms with Gasteiger partial charge in [-0.25, -0.2) is 4.79 Å². The number of carbonyl (C=O) groups excluding carboxylic acids is 1. The second kappa shape index (κ2) is 7.48. The fourth-order valence-electron chi connectivity index (χ4n) is 1.85. The van der Waals surface area contributed by atoms with E-state index in [1.807, 2.05) is 57.2 Å². The molecule has 0 radical (unpaired) electrons. The zero-order valence-electron chi connectivity index (χ0n) is 12.9. The van der Waals surface area contributed by atoms with Crippen molar-refractivity contribution in [2.75, 3.05) is 0 Å². The maximum atomic E-state index is 12.0. The summed E-state index contributed by atoms with van der Waals surface area (Å²) in [6, 6.07) is 9.35. The van der Waals surface area contributed by atoms with Crippen LogP contribution in [0.2, 0.25) is 0 Å². The lowest BCUT2D eigenvalue weighted by Crippen LogP contribution is -2.35. The molecule has 0 heterocycles. The molecule has 3 nitrogen and oxygen atoms in total. The predicted octanol–water partition coefficient (Wildman–Crippen LogP) is 4.55. The Morgan fingerprint density at radius 1 is 1.24 bits per heavy atom. The summed E-state index contributed by atoms with van der Waals surface area (Å²) in [6.45, 7) is 13.0. The highest BCUT2D eigenvalue weighted by Gasteiger charge is 2.21. The van der Waals surface area contributed by atoms with E-state index in [2.05, 4.69) is 18.5 Å². The van der Waals surface area contributed by atoms with Gasteiger partial charge in [-0.05, 0) is 31.9 Å². The van der Waals surface area contributed by atoms with Crippen LogP contribution >= 0.6 is 0 Å². The summed E-state index contributed by atoms with van der Waals surface area (Å²) in [6.07, 6.45) is 4.73. The lowest BCUT2D eigenvalue weighted by molar-refractivity contribution is 0.0512. The summed E-state index contributed by atoms with van der Waals surface area (Å²) in [5.74, 6) is 0. The summed E-state index contributed by atoms with van der Waals surface area (Å²) in [7, 11) is 0. The maximum absolute atomic E-state index is 12.0. The summed E-state index contributed by atoms with van der Waals surface area (Å²) >= 11 is 0. The van der Waals surface area contributed by atoms with Gasteiger partial charge >= 0.3 is 6.09 Å². The van der Waals surface area contributed by atoms with Gasteiger partial charge in [-0.1, -0.05) is 61.7 Å². The number of nitrogens with one attached hydrogen (secondary N) is 1. The number of hydrogen-bond acceptors (Lipinski definition) is 2. The van der Waals surface area contributed by atoms with Crippen LogP contribution in [0.3, 0.4) is 0 Å². The van der Waals surface area contributed by atoms with E-state index in [4.69, 9.17) is 4.74 Å². The molecule has 1 aromatic rings. The van der Waals surface area contributed by atoms with Crippen molar-refractivity contribution in [1.29, 1.82) is 0 Å². The third-order valence-corrected chi connectivity index (χ3v) is 2.67. The highest BCUT2D eigenvalue weighted by molar-refractivity contribution is 5.69. The minimum atomic E-state index is -0.540. The quantitative estimate of drug-likeness (QED) is 0.806. The molecule has 1 atom stereocenters. The van der Waals surface area contributed by atoms with Crippen molar-refractivity contribution in [1.82, 2.24) is 5.32 Å². The minimum absolute atomic E-state index is 0.323. The molecule has 1 aromatic carbocycles. The number of benzene rings is 1. The Bertz CT molecular complexity index is 524. The van der Waals surface area contributed by atoms with Crippen LogP contribution in [0.5, 0.6) is 0 Å².